The summed E-state index contributed by atoms with van der Waals surface area (Å²) in [5.74, 6) is -2.14. The van der Waals surface area contributed by atoms with E-state index in [2.05, 4.69) is 20.9 Å². The van der Waals surface area contributed by atoms with Crippen LogP contribution in [-0.4, -0.2) is 40.2 Å². The predicted octanol–water partition coefficient (Wildman–Crippen LogP) is 4.29. The maximum absolute atomic E-state index is 13.5. The fourth-order valence-corrected chi connectivity index (χ4v) is 4.83. The van der Waals surface area contributed by atoms with Gasteiger partial charge in [-0.3, -0.25) is 19.7 Å². The van der Waals surface area contributed by atoms with Gasteiger partial charge in [0.05, 0.1) is 11.2 Å². The van der Waals surface area contributed by atoms with Crippen molar-refractivity contribution in [3.8, 4) is 11.3 Å². The number of nitrogens with one attached hydrogen (secondary N) is 3. The topological polar surface area (TPSA) is 100 Å². The van der Waals surface area contributed by atoms with E-state index in [0.29, 0.717) is 12.0 Å². The predicted molar refractivity (Wildman–Crippen MR) is 134 cm³/mol. The smallest absolute Gasteiger partial charge is 0.251 e. The molecule has 10 heteroatoms. The second-order valence-corrected chi connectivity index (χ2v) is 10.4. The lowest BCUT2D eigenvalue weighted by molar-refractivity contribution is -0.132. The molecular weight excluding hydrogens is 486 g/mol. The first-order valence-corrected chi connectivity index (χ1v) is 12.3. The van der Waals surface area contributed by atoms with Crippen LogP contribution in [0, 0.1) is 11.6 Å². The summed E-state index contributed by atoms with van der Waals surface area (Å²) in [6.07, 6.45) is 1.53. The summed E-state index contributed by atoms with van der Waals surface area (Å²) in [5.41, 5.74) is -1.04. The van der Waals surface area contributed by atoms with E-state index in [1.807, 2.05) is 0 Å². The zero-order valence-electron chi connectivity index (χ0n) is 20.1. The molecule has 0 aliphatic carbocycles. The van der Waals surface area contributed by atoms with Gasteiger partial charge in [-0.05, 0) is 88.7 Å². The number of hydrogen-bond donors (Lipinski definition) is 3. The van der Waals surface area contributed by atoms with Crippen molar-refractivity contribution in [3.63, 3.8) is 0 Å². The molecule has 3 N–H and O–H groups in total. The third-order valence-electron chi connectivity index (χ3n) is 6.14. The number of carbonyl (C=O) groups excluding carboxylic acids is 3. The van der Waals surface area contributed by atoms with Crippen molar-refractivity contribution in [2.24, 2.45) is 0 Å². The number of halogens is 2. The number of hydrogen-bond acceptors (Lipinski definition) is 6. The molecule has 1 atom stereocenters. The molecule has 7 nitrogen and oxygen atoms in total. The van der Waals surface area contributed by atoms with E-state index in [1.54, 1.807) is 20.8 Å². The highest BCUT2D eigenvalue weighted by Gasteiger charge is 2.40. The first-order valence-electron chi connectivity index (χ1n) is 11.4. The van der Waals surface area contributed by atoms with Crippen molar-refractivity contribution in [2.45, 2.75) is 44.7 Å². The number of aromatic nitrogens is 1. The number of carbonyl (C=O) groups is 3. The van der Waals surface area contributed by atoms with Crippen molar-refractivity contribution < 1.29 is 23.2 Å². The van der Waals surface area contributed by atoms with E-state index in [9.17, 15) is 23.2 Å². The summed E-state index contributed by atoms with van der Waals surface area (Å²) in [6, 6.07) is 10.5. The molecule has 0 saturated carbocycles. The van der Waals surface area contributed by atoms with Gasteiger partial charge >= 0.3 is 0 Å². The van der Waals surface area contributed by atoms with Crippen LogP contribution < -0.4 is 16.0 Å². The van der Waals surface area contributed by atoms with Gasteiger partial charge in [-0.2, -0.15) is 0 Å². The maximum Gasteiger partial charge on any atom is 0.251 e. The lowest BCUT2D eigenvalue weighted by Gasteiger charge is -2.30. The molecule has 2 amide bonds. The van der Waals surface area contributed by atoms with Crippen LogP contribution in [0.4, 0.5) is 13.9 Å². The van der Waals surface area contributed by atoms with Crippen LogP contribution in [0.3, 0.4) is 0 Å². The minimum absolute atomic E-state index is 0.136. The molecule has 0 radical (unpaired) electrons. The highest BCUT2D eigenvalue weighted by molar-refractivity contribution is 7.18. The summed E-state index contributed by atoms with van der Waals surface area (Å²) in [7, 11) is 0. The Bertz CT molecular complexity index is 1300. The molecule has 4 rings (SSSR count). The van der Waals surface area contributed by atoms with Crippen molar-refractivity contribution in [1.82, 2.24) is 15.6 Å². The molecule has 2 aromatic carbocycles. The summed E-state index contributed by atoms with van der Waals surface area (Å²) in [5, 5.41) is 8.79. The highest BCUT2D eigenvalue weighted by atomic mass is 32.1. The Labute approximate surface area is 211 Å². The van der Waals surface area contributed by atoms with Crippen LogP contribution in [0.15, 0.2) is 48.5 Å². The van der Waals surface area contributed by atoms with Gasteiger partial charge in [0.25, 0.3) is 5.91 Å². The molecule has 0 bridgehead atoms. The second kappa shape index (κ2) is 9.87. The Morgan fingerprint density at radius 2 is 1.64 bits per heavy atom. The fraction of sp³-hybridized carbons (Fsp3) is 0.308. The number of anilines is 1. The van der Waals surface area contributed by atoms with Crippen LogP contribution in [0.25, 0.3) is 11.3 Å². The minimum Gasteiger partial charge on any atom is -0.341 e. The van der Waals surface area contributed by atoms with Crippen molar-refractivity contribution >= 4 is 34.1 Å². The van der Waals surface area contributed by atoms with Gasteiger partial charge < -0.3 is 10.6 Å². The first kappa shape index (κ1) is 25.6. The Morgan fingerprint density at radius 1 is 1.03 bits per heavy atom. The molecule has 2 heterocycles. The second-order valence-electron chi connectivity index (χ2n) is 9.44. The van der Waals surface area contributed by atoms with Crippen molar-refractivity contribution in [1.29, 1.82) is 0 Å². The summed E-state index contributed by atoms with van der Waals surface area (Å²) in [6.45, 7) is 5.69. The highest BCUT2D eigenvalue weighted by Crippen LogP contribution is 2.33. The Balaban J connectivity index is 1.61. The molecule has 1 saturated heterocycles. The SMILES string of the molecule is CC(C)(NC(=O)[C@]1(C)CCCN1)C(=O)Nc1nc(-c2ccc(F)cc2)c(C(=O)c2ccc(F)cc2)s1. The molecule has 3 aromatic rings. The minimum atomic E-state index is -1.27. The van der Waals surface area contributed by atoms with Gasteiger partial charge in [-0.1, -0.05) is 11.3 Å². The van der Waals surface area contributed by atoms with E-state index in [-0.39, 0.29) is 27.2 Å². The third kappa shape index (κ3) is 5.34. The number of ketones is 1. The average Bonchev–Trinajstić information content (AvgIpc) is 3.47. The van der Waals surface area contributed by atoms with Gasteiger partial charge in [0.2, 0.25) is 11.7 Å². The van der Waals surface area contributed by atoms with E-state index >= 15 is 0 Å². The summed E-state index contributed by atoms with van der Waals surface area (Å²) >= 11 is 0.948. The van der Waals surface area contributed by atoms with Gasteiger partial charge in [-0.25, -0.2) is 13.8 Å². The number of nitrogens with zero attached hydrogens (tertiary/aromatic N) is 1. The Kier molecular flexibility index (Phi) is 7.01. The van der Waals surface area contributed by atoms with E-state index in [1.165, 1.54) is 48.5 Å². The van der Waals surface area contributed by atoms with E-state index in [4.69, 9.17) is 0 Å². The van der Waals surface area contributed by atoms with E-state index in [0.717, 1.165) is 24.3 Å². The lowest BCUT2D eigenvalue weighted by Crippen LogP contribution is -2.60. The quantitative estimate of drug-likeness (QED) is 0.410. The molecule has 1 aromatic heterocycles. The van der Waals surface area contributed by atoms with Crippen LogP contribution in [0.5, 0.6) is 0 Å². The normalized spacial score (nSPS) is 17.6. The van der Waals surface area contributed by atoms with Crippen LogP contribution in [0.2, 0.25) is 0 Å². The molecule has 1 fully saturated rings. The molecule has 0 unspecified atom stereocenters. The molecule has 188 valence electrons. The van der Waals surface area contributed by atoms with Crippen LogP contribution >= 0.6 is 11.3 Å². The molecule has 36 heavy (non-hydrogen) atoms. The monoisotopic (exact) mass is 512 g/mol. The average molecular weight is 513 g/mol. The summed E-state index contributed by atoms with van der Waals surface area (Å²) < 4.78 is 26.9. The molecular formula is C26H26F2N4O3S. The largest absolute Gasteiger partial charge is 0.341 e. The third-order valence-corrected chi connectivity index (χ3v) is 7.11. The number of benzene rings is 2. The lowest BCUT2D eigenvalue weighted by atomic mass is 9.96. The van der Waals surface area contributed by atoms with Crippen LogP contribution in [0.1, 0.15) is 48.8 Å². The van der Waals surface area contributed by atoms with E-state index < -0.39 is 34.4 Å². The van der Waals surface area contributed by atoms with Crippen molar-refractivity contribution in [2.75, 3.05) is 11.9 Å². The number of amides is 2. The zero-order chi connectivity index (χ0) is 26.1. The summed E-state index contributed by atoms with van der Waals surface area (Å²) in [4.78, 5) is 43.8. The van der Waals surface area contributed by atoms with Gasteiger partial charge in [0.1, 0.15) is 22.1 Å². The number of rotatable bonds is 7. The standard InChI is InChI=1S/C26H26F2N4O3S/c1-25(2,32-23(35)26(3)13-4-14-29-26)22(34)31-24-30-19(15-5-9-17(27)10-6-15)21(36-24)20(33)16-7-11-18(28)12-8-16/h5-12,29H,4,13-14H2,1-3H3,(H,32,35)(H,30,31,34)/t26-/m0/s1. The fourth-order valence-electron chi connectivity index (χ4n) is 3.88. The van der Waals surface area contributed by atoms with Gasteiger partial charge in [0.15, 0.2) is 5.13 Å². The number of thiazole rings is 1. The molecule has 0 spiro atoms. The maximum atomic E-state index is 13.5. The first-order chi connectivity index (χ1) is 17.0. The zero-order valence-corrected chi connectivity index (χ0v) is 20.9. The Hall–Kier alpha value is -3.50. The molecule has 1 aliphatic rings. The van der Waals surface area contributed by atoms with Gasteiger partial charge in [-0.15, -0.1) is 0 Å². The van der Waals surface area contributed by atoms with Gasteiger partial charge in [0, 0.05) is 11.1 Å². The van der Waals surface area contributed by atoms with Crippen LogP contribution in [-0.2, 0) is 9.59 Å². The van der Waals surface area contributed by atoms with Crippen molar-refractivity contribution in [3.05, 3.63) is 70.6 Å². The Morgan fingerprint density at radius 3 is 2.22 bits per heavy atom. The molecule has 1 aliphatic heterocycles.